The lowest BCUT2D eigenvalue weighted by Crippen LogP contribution is -2.65. The molecule has 1 aromatic rings. The van der Waals surface area contributed by atoms with Gasteiger partial charge in [0.1, 0.15) is 6.23 Å². The molecule has 2 unspecified atom stereocenters. The summed E-state index contributed by atoms with van der Waals surface area (Å²) in [4.78, 5) is 47.0. The van der Waals surface area contributed by atoms with Gasteiger partial charge in [-0.1, -0.05) is 12.1 Å². The number of non-ortho nitro benzene ring substituents is 1. The fraction of sp³-hybridized carbons (Fsp3) is 0.680. The molecule has 3 heterocycles. The number of β-lactam (4-membered cyclic amide) rings is 1. The zero-order valence-corrected chi connectivity index (χ0v) is 20.4. The molecule has 0 bridgehead atoms. The van der Waals surface area contributed by atoms with Crippen molar-refractivity contribution in [3.05, 3.63) is 39.9 Å². The Morgan fingerprint density at radius 2 is 1.78 bits per heavy atom. The Labute approximate surface area is 210 Å². The first-order valence-electron chi connectivity index (χ1n) is 12.8. The third-order valence-corrected chi connectivity index (χ3v) is 6.87. The number of rotatable bonds is 12. The molecule has 3 aliphatic rings. The third-order valence-electron chi connectivity index (χ3n) is 6.87. The van der Waals surface area contributed by atoms with E-state index in [1.54, 1.807) is 0 Å². The summed E-state index contributed by atoms with van der Waals surface area (Å²) in [5, 5.41) is 10.7. The van der Waals surface area contributed by atoms with Gasteiger partial charge in [-0.25, -0.2) is 4.79 Å². The van der Waals surface area contributed by atoms with Crippen molar-refractivity contribution >= 4 is 17.6 Å². The molecule has 1 aromatic carbocycles. The van der Waals surface area contributed by atoms with E-state index < -0.39 is 10.9 Å². The van der Waals surface area contributed by atoms with E-state index in [-0.39, 0.29) is 49.1 Å². The summed E-state index contributed by atoms with van der Waals surface area (Å²) in [5.41, 5.74) is 0.529. The topological polar surface area (TPSA) is 127 Å². The zero-order valence-electron chi connectivity index (χ0n) is 20.4. The summed E-state index contributed by atoms with van der Waals surface area (Å²) < 4.78 is 17.4. The van der Waals surface area contributed by atoms with E-state index in [4.69, 9.17) is 24.0 Å². The van der Waals surface area contributed by atoms with Crippen molar-refractivity contribution in [2.45, 2.75) is 76.3 Å². The van der Waals surface area contributed by atoms with Gasteiger partial charge in [0.15, 0.2) is 6.29 Å². The Bertz CT molecular complexity index is 882. The molecule has 3 aliphatic heterocycles. The van der Waals surface area contributed by atoms with E-state index in [2.05, 4.69) is 0 Å². The number of hydrogen-bond acceptors (Lipinski definition) is 9. The molecule has 198 valence electrons. The first kappa shape index (κ1) is 26.5. The molecule has 0 saturated carbocycles. The molecule has 0 spiro atoms. The lowest BCUT2D eigenvalue weighted by atomic mass is 9.82. The number of carbonyl (C=O) groups excluding carboxylic acids is 2. The van der Waals surface area contributed by atoms with Crippen LogP contribution in [0.15, 0.2) is 24.3 Å². The van der Waals surface area contributed by atoms with Gasteiger partial charge in [0, 0.05) is 31.4 Å². The van der Waals surface area contributed by atoms with Gasteiger partial charge in [-0.3, -0.25) is 19.8 Å². The number of amides is 1. The van der Waals surface area contributed by atoms with Crippen LogP contribution < -0.4 is 0 Å². The molecule has 36 heavy (non-hydrogen) atoms. The van der Waals surface area contributed by atoms with Gasteiger partial charge in [-0.15, -0.1) is 0 Å². The Hall–Kier alpha value is -2.60. The van der Waals surface area contributed by atoms with Crippen LogP contribution in [-0.4, -0.2) is 66.7 Å². The van der Waals surface area contributed by atoms with Crippen molar-refractivity contribution in [2.24, 2.45) is 5.92 Å². The smallest absolute Gasteiger partial charge is 0.346 e. The van der Waals surface area contributed by atoms with E-state index in [0.29, 0.717) is 31.6 Å². The molecule has 0 N–H and O–H groups in total. The highest BCUT2D eigenvalue weighted by Crippen LogP contribution is 2.36. The Kier molecular flexibility index (Phi) is 9.62. The fourth-order valence-corrected chi connectivity index (χ4v) is 4.96. The monoisotopic (exact) mass is 506 g/mol. The lowest BCUT2D eigenvalue weighted by molar-refractivity contribution is -0.384. The van der Waals surface area contributed by atoms with Crippen LogP contribution in [0.5, 0.6) is 0 Å². The molecule has 0 radical (unpaired) electrons. The molecule has 11 heteroatoms. The number of nitro groups is 1. The van der Waals surface area contributed by atoms with Crippen LogP contribution in [0.2, 0.25) is 0 Å². The highest BCUT2D eigenvalue weighted by Gasteiger charge is 2.50. The summed E-state index contributed by atoms with van der Waals surface area (Å²) in [6, 6.07) is 5.64. The molecule has 11 nitrogen and oxygen atoms in total. The molecule has 0 aromatic heterocycles. The maximum Gasteiger partial charge on any atom is 0.346 e. The van der Waals surface area contributed by atoms with Crippen LogP contribution in [0.1, 0.15) is 56.9 Å². The average Bonchev–Trinajstić information content (AvgIpc) is 2.89. The minimum Gasteiger partial charge on any atom is -0.358 e. The van der Waals surface area contributed by atoms with Gasteiger partial charge in [0.25, 0.3) is 5.69 Å². The quantitative estimate of drug-likeness (QED) is 0.138. The predicted molar refractivity (Wildman–Crippen MR) is 125 cm³/mol. The summed E-state index contributed by atoms with van der Waals surface area (Å²) in [6.45, 7) is 1.96. The molecule has 1 amide bonds. The van der Waals surface area contributed by atoms with Crippen LogP contribution >= 0.6 is 0 Å². The molecule has 4 rings (SSSR count). The zero-order chi connectivity index (χ0) is 25.3. The third kappa shape index (κ3) is 7.00. The van der Waals surface area contributed by atoms with Crippen molar-refractivity contribution in [1.82, 2.24) is 4.90 Å². The van der Waals surface area contributed by atoms with Crippen LogP contribution in [0.4, 0.5) is 5.69 Å². The van der Waals surface area contributed by atoms with Crippen LogP contribution in [0.3, 0.4) is 0 Å². The molecular weight excluding hydrogens is 472 g/mol. The second-order valence-electron chi connectivity index (χ2n) is 9.36. The van der Waals surface area contributed by atoms with Crippen LogP contribution in [-0.2, 0) is 40.0 Å². The molecule has 4 atom stereocenters. The normalized spacial score (nSPS) is 26.3. The van der Waals surface area contributed by atoms with Gasteiger partial charge < -0.3 is 19.1 Å². The maximum absolute atomic E-state index is 13.0. The highest BCUT2D eigenvalue weighted by atomic mass is 17.2. The van der Waals surface area contributed by atoms with Crippen molar-refractivity contribution in [3.63, 3.8) is 0 Å². The van der Waals surface area contributed by atoms with Gasteiger partial charge in [0.05, 0.1) is 30.5 Å². The summed E-state index contributed by atoms with van der Waals surface area (Å²) >= 11 is 0. The minimum atomic E-state index is -0.613. The van der Waals surface area contributed by atoms with E-state index in [1.807, 2.05) is 4.90 Å². The lowest BCUT2D eigenvalue weighted by Gasteiger charge is -2.51. The standard InChI is InChI=1S/C25H34N2O9/c28-23(17-18-7-9-19(10-8-18)27(30)31)36-35-16-11-20-21(12-15-34-24-6-2-4-14-33-24)26(25(20)29)22-5-1-3-13-32-22/h7-10,20-22,24H,1-6,11-17H2/t20-,21-,22?,24?/m0/s1. The van der Waals surface area contributed by atoms with E-state index in [1.165, 1.54) is 24.3 Å². The first-order valence-corrected chi connectivity index (χ1v) is 12.8. The largest absolute Gasteiger partial charge is 0.358 e. The number of hydrogen-bond donors (Lipinski definition) is 0. The molecule has 3 fully saturated rings. The van der Waals surface area contributed by atoms with Gasteiger partial charge in [-0.05, 0) is 56.9 Å². The van der Waals surface area contributed by atoms with Gasteiger partial charge >= 0.3 is 5.97 Å². The van der Waals surface area contributed by atoms with Gasteiger partial charge in [0.2, 0.25) is 5.91 Å². The maximum atomic E-state index is 13.0. The number of likely N-dealkylation sites (tertiary alicyclic amines) is 1. The number of benzene rings is 1. The predicted octanol–water partition coefficient (Wildman–Crippen LogP) is 3.29. The van der Waals surface area contributed by atoms with Crippen LogP contribution in [0, 0.1) is 16.0 Å². The average molecular weight is 507 g/mol. The van der Waals surface area contributed by atoms with Crippen molar-refractivity contribution in [3.8, 4) is 0 Å². The SMILES string of the molecule is O=C(Cc1ccc([N+](=O)[O-])cc1)OOCC[C@@H]1C(=O)N(C2CCCCO2)[C@H]1CCOC1CCCCO1. The number of ether oxygens (including phenoxy) is 3. The Balaban J connectivity index is 1.21. The Morgan fingerprint density at radius 3 is 2.44 bits per heavy atom. The highest BCUT2D eigenvalue weighted by molar-refractivity contribution is 5.86. The van der Waals surface area contributed by atoms with Crippen molar-refractivity contribution < 1.29 is 38.5 Å². The minimum absolute atomic E-state index is 0.0244. The number of nitro benzene ring substituents is 1. The van der Waals surface area contributed by atoms with E-state index >= 15 is 0 Å². The van der Waals surface area contributed by atoms with Gasteiger partial charge in [-0.2, -0.15) is 4.89 Å². The molecule has 0 aliphatic carbocycles. The second-order valence-corrected chi connectivity index (χ2v) is 9.36. The van der Waals surface area contributed by atoms with E-state index in [0.717, 1.165) is 45.1 Å². The summed E-state index contributed by atoms with van der Waals surface area (Å²) in [7, 11) is 0. The molecular formula is C25H34N2O9. The summed E-state index contributed by atoms with van der Waals surface area (Å²) in [6.07, 6.45) is 6.57. The van der Waals surface area contributed by atoms with Crippen molar-refractivity contribution in [1.29, 1.82) is 0 Å². The van der Waals surface area contributed by atoms with Crippen LogP contribution in [0.25, 0.3) is 0 Å². The van der Waals surface area contributed by atoms with E-state index in [9.17, 15) is 19.7 Å². The Morgan fingerprint density at radius 1 is 1.03 bits per heavy atom. The first-order chi connectivity index (χ1) is 17.5. The number of nitrogens with zero attached hydrogens (tertiary/aromatic N) is 2. The summed E-state index contributed by atoms with van der Waals surface area (Å²) in [5.74, 6) is -0.833. The number of carbonyl (C=O) groups is 2. The van der Waals surface area contributed by atoms with Crippen molar-refractivity contribution in [2.75, 3.05) is 26.4 Å². The second kappa shape index (κ2) is 13.1. The molecule has 3 saturated heterocycles. The fourth-order valence-electron chi connectivity index (χ4n) is 4.96.